The standard InChI is InChI=1S/C23H27N3O4/c1-15-7-6-10-19(16(15)2)25-20-9-5-4-8-18(20)23(29)30-14-22(28)26(3)13-21(27)24-17-11-12-17/h4-10,17,25H,11-14H2,1-3H3,(H,24,27). The summed E-state index contributed by atoms with van der Waals surface area (Å²) in [5, 5.41) is 6.09. The molecule has 0 spiro atoms. The summed E-state index contributed by atoms with van der Waals surface area (Å²) in [6.07, 6.45) is 1.97. The number of hydrogen-bond acceptors (Lipinski definition) is 5. The third-order valence-corrected chi connectivity index (χ3v) is 5.10. The summed E-state index contributed by atoms with van der Waals surface area (Å²) < 4.78 is 5.22. The number of esters is 1. The molecule has 2 aromatic carbocycles. The van der Waals surface area contributed by atoms with Crippen LogP contribution < -0.4 is 10.6 Å². The minimum absolute atomic E-state index is 0.0579. The number of nitrogens with one attached hydrogen (secondary N) is 2. The largest absolute Gasteiger partial charge is 0.452 e. The zero-order chi connectivity index (χ0) is 21.7. The van der Waals surface area contributed by atoms with E-state index in [4.69, 9.17) is 4.74 Å². The highest BCUT2D eigenvalue weighted by atomic mass is 16.5. The van der Waals surface area contributed by atoms with Crippen molar-refractivity contribution in [1.29, 1.82) is 0 Å². The molecule has 0 aliphatic heterocycles. The Bertz CT molecular complexity index is 953. The highest BCUT2D eigenvalue weighted by molar-refractivity contribution is 5.97. The van der Waals surface area contributed by atoms with Gasteiger partial charge in [-0.05, 0) is 56.0 Å². The molecule has 30 heavy (non-hydrogen) atoms. The fourth-order valence-electron chi connectivity index (χ4n) is 2.92. The molecular formula is C23H27N3O4. The second-order valence-electron chi connectivity index (χ2n) is 7.59. The van der Waals surface area contributed by atoms with Crippen LogP contribution in [0, 0.1) is 13.8 Å². The number of aryl methyl sites for hydroxylation is 1. The van der Waals surface area contributed by atoms with E-state index in [1.807, 2.05) is 38.1 Å². The topological polar surface area (TPSA) is 87.7 Å². The van der Waals surface area contributed by atoms with E-state index in [9.17, 15) is 14.4 Å². The average Bonchev–Trinajstić information content (AvgIpc) is 3.53. The molecule has 7 nitrogen and oxygen atoms in total. The number of benzene rings is 2. The van der Waals surface area contributed by atoms with Gasteiger partial charge < -0.3 is 20.3 Å². The summed E-state index contributed by atoms with van der Waals surface area (Å²) in [5.74, 6) is -1.25. The molecule has 1 fully saturated rings. The molecule has 3 rings (SSSR count). The molecule has 0 heterocycles. The van der Waals surface area contributed by atoms with Gasteiger partial charge in [0.2, 0.25) is 5.91 Å². The summed E-state index contributed by atoms with van der Waals surface area (Å²) in [7, 11) is 1.51. The van der Waals surface area contributed by atoms with Crippen molar-refractivity contribution < 1.29 is 19.1 Å². The van der Waals surface area contributed by atoms with Gasteiger partial charge in [-0.25, -0.2) is 4.79 Å². The van der Waals surface area contributed by atoms with Crippen LogP contribution in [0.4, 0.5) is 11.4 Å². The first-order chi connectivity index (χ1) is 14.3. The molecule has 0 unspecified atom stereocenters. The van der Waals surface area contributed by atoms with Crippen molar-refractivity contribution in [3.05, 3.63) is 59.2 Å². The molecule has 0 saturated heterocycles. The van der Waals surface area contributed by atoms with Crippen molar-refractivity contribution in [3.8, 4) is 0 Å². The zero-order valence-corrected chi connectivity index (χ0v) is 17.5. The summed E-state index contributed by atoms with van der Waals surface area (Å²) in [6, 6.07) is 13.1. The quantitative estimate of drug-likeness (QED) is 0.655. The van der Waals surface area contributed by atoms with Crippen LogP contribution in [0.25, 0.3) is 0 Å². The van der Waals surface area contributed by atoms with E-state index in [0.29, 0.717) is 11.3 Å². The smallest absolute Gasteiger partial charge is 0.340 e. The Labute approximate surface area is 176 Å². The first kappa shape index (κ1) is 21.4. The van der Waals surface area contributed by atoms with Crippen molar-refractivity contribution in [2.45, 2.75) is 32.7 Å². The molecule has 2 amide bonds. The maximum absolute atomic E-state index is 12.6. The summed E-state index contributed by atoms with van der Waals surface area (Å²) in [4.78, 5) is 37.9. The summed E-state index contributed by atoms with van der Waals surface area (Å²) in [6.45, 7) is 3.54. The second-order valence-corrected chi connectivity index (χ2v) is 7.59. The molecule has 1 saturated carbocycles. The SMILES string of the molecule is Cc1cccc(Nc2ccccc2C(=O)OCC(=O)N(C)CC(=O)NC2CC2)c1C. The number of para-hydroxylation sites is 1. The second kappa shape index (κ2) is 9.43. The molecule has 0 aromatic heterocycles. The molecule has 2 aromatic rings. The molecule has 158 valence electrons. The number of ether oxygens (including phenoxy) is 1. The minimum atomic E-state index is -0.604. The normalized spacial score (nSPS) is 12.8. The highest BCUT2D eigenvalue weighted by Gasteiger charge is 2.24. The fourth-order valence-corrected chi connectivity index (χ4v) is 2.92. The Kier molecular flexibility index (Phi) is 6.72. The third-order valence-electron chi connectivity index (χ3n) is 5.10. The van der Waals surface area contributed by atoms with Crippen LogP contribution in [-0.2, 0) is 14.3 Å². The van der Waals surface area contributed by atoms with Crippen LogP contribution in [0.2, 0.25) is 0 Å². The van der Waals surface area contributed by atoms with Gasteiger partial charge in [0.25, 0.3) is 5.91 Å². The number of hydrogen-bond donors (Lipinski definition) is 2. The molecule has 0 bridgehead atoms. The molecule has 1 aliphatic carbocycles. The van der Waals surface area contributed by atoms with Gasteiger partial charge in [-0.15, -0.1) is 0 Å². The molecule has 7 heteroatoms. The first-order valence-corrected chi connectivity index (χ1v) is 9.98. The Morgan fingerprint density at radius 1 is 1.03 bits per heavy atom. The number of nitrogens with zero attached hydrogens (tertiary/aromatic N) is 1. The molecular weight excluding hydrogens is 382 g/mol. The average molecular weight is 409 g/mol. The van der Waals surface area contributed by atoms with Crippen LogP contribution in [-0.4, -0.2) is 48.9 Å². The van der Waals surface area contributed by atoms with E-state index >= 15 is 0 Å². The van der Waals surface area contributed by atoms with Crippen LogP contribution in [0.1, 0.15) is 34.3 Å². The van der Waals surface area contributed by atoms with Crippen LogP contribution >= 0.6 is 0 Å². The van der Waals surface area contributed by atoms with E-state index in [2.05, 4.69) is 10.6 Å². The maximum atomic E-state index is 12.6. The lowest BCUT2D eigenvalue weighted by Crippen LogP contribution is -2.40. The van der Waals surface area contributed by atoms with E-state index in [1.165, 1.54) is 11.9 Å². The number of amides is 2. The molecule has 2 N–H and O–H groups in total. The number of rotatable bonds is 8. The van der Waals surface area contributed by atoms with Crippen molar-refractivity contribution in [2.75, 3.05) is 25.5 Å². The lowest BCUT2D eigenvalue weighted by atomic mass is 10.1. The number of anilines is 2. The van der Waals surface area contributed by atoms with Gasteiger partial charge in [0.15, 0.2) is 6.61 Å². The fraction of sp³-hybridized carbons (Fsp3) is 0.348. The van der Waals surface area contributed by atoms with Crippen LogP contribution in [0.15, 0.2) is 42.5 Å². The predicted octanol–water partition coefficient (Wildman–Crippen LogP) is 2.94. The van der Waals surface area contributed by atoms with Gasteiger partial charge in [0, 0.05) is 18.8 Å². The van der Waals surface area contributed by atoms with E-state index in [1.54, 1.807) is 18.2 Å². The van der Waals surface area contributed by atoms with E-state index in [0.717, 1.165) is 29.7 Å². The van der Waals surface area contributed by atoms with Gasteiger partial charge in [0.1, 0.15) is 0 Å². The maximum Gasteiger partial charge on any atom is 0.340 e. The Hall–Kier alpha value is -3.35. The summed E-state index contributed by atoms with van der Waals surface area (Å²) in [5.41, 5.74) is 4.05. The molecule has 1 aliphatic rings. The van der Waals surface area contributed by atoms with Crippen molar-refractivity contribution in [1.82, 2.24) is 10.2 Å². The highest BCUT2D eigenvalue weighted by Crippen LogP contribution is 2.25. The number of carbonyl (C=O) groups is 3. The van der Waals surface area contributed by atoms with Gasteiger partial charge in [0.05, 0.1) is 17.8 Å². The van der Waals surface area contributed by atoms with Crippen molar-refractivity contribution in [2.24, 2.45) is 0 Å². The van der Waals surface area contributed by atoms with Crippen LogP contribution in [0.5, 0.6) is 0 Å². The third kappa shape index (κ3) is 5.59. The molecule has 0 atom stereocenters. The minimum Gasteiger partial charge on any atom is -0.452 e. The van der Waals surface area contributed by atoms with Crippen molar-refractivity contribution in [3.63, 3.8) is 0 Å². The number of carbonyl (C=O) groups excluding carboxylic acids is 3. The van der Waals surface area contributed by atoms with Gasteiger partial charge in [-0.2, -0.15) is 0 Å². The van der Waals surface area contributed by atoms with Gasteiger partial charge in [-0.1, -0.05) is 24.3 Å². The van der Waals surface area contributed by atoms with E-state index in [-0.39, 0.29) is 18.5 Å². The summed E-state index contributed by atoms with van der Waals surface area (Å²) >= 11 is 0. The lowest BCUT2D eigenvalue weighted by molar-refractivity contribution is -0.137. The van der Waals surface area contributed by atoms with Crippen molar-refractivity contribution >= 4 is 29.2 Å². The van der Waals surface area contributed by atoms with Gasteiger partial charge >= 0.3 is 5.97 Å². The van der Waals surface area contributed by atoms with Gasteiger partial charge in [-0.3, -0.25) is 9.59 Å². The Morgan fingerprint density at radius 3 is 2.47 bits per heavy atom. The zero-order valence-electron chi connectivity index (χ0n) is 17.5. The Balaban J connectivity index is 1.59. The first-order valence-electron chi connectivity index (χ1n) is 9.98. The van der Waals surface area contributed by atoms with Crippen LogP contribution in [0.3, 0.4) is 0 Å². The van der Waals surface area contributed by atoms with E-state index < -0.39 is 18.5 Å². The molecule has 0 radical (unpaired) electrons. The predicted molar refractivity (Wildman–Crippen MR) is 115 cm³/mol. The number of likely N-dealkylation sites (N-methyl/N-ethyl adjacent to an activating group) is 1. The Morgan fingerprint density at radius 2 is 1.73 bits per heavy atom. The lowest BCUT2D eigenvalue weighted by Gasteiger charge is -2.17. The monoisotopic (exact) mass is 409 g/mol.